The first-order valence-electron chi connectivity index (χ1n) is 5.06. The number of nitrogens with two attached hydrogens (primary N) is 1. The minimum absolute atomic E-state index is 0.0274. The lowest BCUT2D eigenvalue weighted by molar-refractivity contribution is 0.249. The Bertz CT molecular complexity index is 442. The molecule has 4 N–H and O–H groups in total. The Morgan fingerprint density at radius 2 is 2.24 bits per heavy atom. The van der Waals surface area contributed by atoms with Gasteiger partial charge in [-0.2, -0.15) is 5.26 Å². The Kier molecular flexibility index (Phi) is 4.91. The van der Waals surface area contributed by atoms with Crippen LogP contribution >= 0.6 is 0 Å². The molecule has 0 atom stereocenters. The van der Waals surface area contributed by atoms with Gasteiger partial charge in [-0.15, -0.1) is 0 Å². The van der Waals surface area contributed by atoms with Gasteiger partial charge in [0.25, 0.3) is 0 Å². The number of nitriles is 1. The molecule has 0 aliphatic carbocycles. The summed E-state index contributed by atoms with van der Waals surface area (Å²) < 4.78 is 13.6. The van der Waals surface area contributed by atoms with E-state index in [0.29, 0.717) is 25.2 Å². The molecule has 1 aromatic carbocycles. The average Bonchev–Trinajstić information content (AvgIpc) is 2.30. The van der Waals surface area contributed by atoms with E-state index in [-0.39, 0.29) is 5.56 Å². The van der Waals surface area contributed by atoms with Crippen LogP contribution in [0.25, 0.3) is 0 Å². The maximum Gasteiger partial charge on any atom is 0.312 e. The predicted molar refractivity (Wildman–Crippen MR) is 60.4 cm³/mol. The molecular formula is C11H13FN4O. The summed E-state index contributed by atoms with van der Waals surface area (Å²) in [5.41, 5.74) is 5.32. The van der Waals surface area contributed by atoms with Gasteiger partial charge in [0.05, 0.1) is 5.56 Å². The minimum atomic E-state index is -0.593. The molecule has 17 heavy (non-hydrogen) atoms. The van der Waals surface area contributed by atoms with Crippen LogP contribution in [0.15, 0.2) is 18.2 Å². The minimum Gasteiger partial charge on any atom is -0.352 e. The molecule has 0 aromatic heterocycles. The number of benzene rings is 1. The maximum atomic E-state index is 13.6. The number of urea groups is 1. The number of hydrogen-bond acceptors (Lipinski definition) is 3. The van der Waals surface area contributed by atoms with Gasteiger partial charge in [-0.1, -0.05) is 12.1 Å². The highest BCUT2D eigenvalue weighted by Crippen LogP contribution is 2.11. The van der Waals surface area contributed by atoms with Crippen molar-refractivity contribution in [1.82, 2.24) is 10.6 Å². The number of rotatable bonds is 5. The van der Waals surface area contributed by atoms with Gasteiger partial charge in [0.1, 0.15) is 11.9 Å². The molecule has 2 amide bonds. The van der Waals surface area contributed by atoms with Crippen molar-refractivity contribution in [1.29, 1.82) is 5.26 Å². The van der Waals surface area contributed by atoms with Gasteiger partial charge < -0.3 is 16.4 Å². The average molecular weight is 236 g/mol. The van der Waals surface area contributed by atoms with Gasteiger partial charge >= 0.3 is 6.03 Å². The highest BCUT2D eigenvalue weighted by atomic mass is 19.1. The summed E-state index contributed by atoms with van der Waals surface area (Å²) >= 11 is 0. The second-order valence-corrected chi connectivity index (χ2v) is 3.36. The van der Waals surface area contributed by atoms with Crippen molar-refractivity contribution in [2.45, 2.75) is 6.54 Å². The van der Waals surface area contributed by atoms with Crippen molar-refractivity contribution in [3.63, 3.8) is 0 Å². The van der Waals surface area contributed by atoms with E-state index in [4.69, 9.17) is 11.0 Å². The van der Waals surface area contributed by atoms with Gasteiger partial charge in [0.2, 0.25) is 0 Å². The van der Waals surface area contributed by atoms with Crippen LogP contribution in [0.4, 0.5) is 9.18 Å². The van der Waals surface area contributed by atoms with Gasteiger partial charge in [0.15, 0.2) is 0 Å². The van der Waals surface area contributed by atoms with Crippen LogP contribution in [0.1, 0.15) is 11.1 Å². The molecule has 6 heteroatoms. The first kappa shape index (κ1) is 12.9. The second-order valence-electron chi connectivity index (χ2n) is 3.36. The molecular weight excluding hydrogens is 223 g/mol. The zero-order valence-electron chi connectivity index (χ0n) is 9.16. The Labute approximate surface area is 98.4 Å². The molecule has 0 fully saturated rings. The lowest BCUT2D eigenvalue weighted by Crippen LogP contribution is -2.35. The standard InChI is InChI=1S/C11H13FN4O/c12-10-8(6-13)2-1-3-9(10)7-15-4-5-16-11(14)17/h1-3,15H,4-5,7H2,(H3,14,16,17). The van der Waals surface area contributed by atoms with Gasteiger partial charge in [-0.3, -0.25) is 0 Å². The summed E-state index contributed by atoms with van der Waals surface area (Å²) in [5.74, 6) is -0.509. The van der Waals surface area contributed by atoms with Crippen LogP contribution in [0.3, 0.4) is 0 Å². The molecule has 5 nitrogen and oxygen atoms in total. The van der Waals surface area contributed by atoms with E-state index in [2.05, 4.69) is 10.6 Å². The van der Waals surface area contributed by atoms with E-state index < -0.39 is 11.8 Å². The normalized spacial score (nSPS) is 9.65. The summed E-state index contributed by atoms with van der Waals surface area (Å²) in [4.78, 5) is 10.4. The van der Waals surface area contributed by atoms with E-state index >= 15 is 0 Å². The second kappa shape index (κ2) is 6.45. The number of halogens is 1. The van der Waals surface area contributed by atoms with Crippen LogP contribution in [0.2, 0.25) is 0 Å². The van der Waals surface area contributed by atoms with Crippen molar-refractivity contribution in [3.05, 3.63) is 35.1 Å². The number of primary amides is 1. The van der Waals surface area contributed by atoms with Crippen molar-refractivity contribution in [3.8, 4) is 6.07 Å². The lowest BCUT2D eigenvalue weighted by Gasteiger charge is -2.06. The number of nitrogens with one attached hydrogen (secondary N) is 2. The predicted octanol–water partition coefficient (Wildman–Crippen LogP) is 0.455. The highest BCUT2D eigenvalue weighted by molar-refractivity contribution is 5.71. The van der Waals surface area contributed by atoms with Gasteiger partial charge in [-0.25, -0.2) is 9.18 Å². The zero-order chi connectivity index (χ0) is 12.7. The first-order chi connectivity index (χ1) is 8.15. The largest absolute Gasteiger partial charge is 0.352 e. The number of nitrogens with zero attached hydrogens (tertiary/aromatic N) is 1. The Morgan fingerprint density at radius 1 is 1.47 bits per heavy atom. The quantitative estimate of drug-likeness (QED) is 0.648. The van der Waals surface area contributed by atoms with Crippen molar-refractivity contribution < 1.29 is 9.18 Å². The lowest BCUT2D eigenvalue weighted by atomic mass is 10.1. The van der Waals surface area contributed by atoms with Crippen LogP contribution in [-0.2, 0) is 6.54 Å². The molecule has 0 unspecified atom stereocenters. The van der Waals surface area contributed by atoms with Crippen molar-refractivity contribution in [2.24, 2.45) is 5.73 Å². The Hall–Kier alpha value is -2.13. The third-order valence-corrected chi connectivity index (χ3v) is 2.12. The van der Waals surface area contributed by atoms with Crippen molar-refractivity contribution in [2.75, 3.05) is 13.1 Å². The molecule has 0 aliphatic heterocycles. The molecule has 0 heterocycles. The Balaban J connectivity index is 2.42. The van der Waals surface area contributed by atoms with E-state index in [1.54, 1.807) is 18.2 Å². The molecule has 0 spiro atoms. The summed E-state index contributed by atoms with van der Waals surface area (Å²) in [5, 5.41) is 14.0. The summed E-state index contributed by atoms with van der Waals surface area (Å²) in [7, 11) is 0. The third kappa shape index (κ3) is 4.09. The van der Waals surface area contributed by atoms with Crippen molar-refractivity contribution >= 4 is 6.03 Å². The zero-order valence-corrected chi connectivity index (χ0v) is 9.16. The number of carbonyl (C=O) groups is 1. The van der Waals surface area contributed by atoms with Crippen LogP contribution in [0.5, 0.6) is 0 Å². The first-order valence-corrected chi connectivity index (χ1v) is 5.06. The summed E-state index contributed by atoms with van der Waals surface area (Å²) in [6, 6.07) is 5.83. The summed E-state index contributed by atoms with van der Waals surface area (Å²) in [6.07, 6.45) is 0. The van der Waals surface area contributed by atoms with Crippen LogP contribution < -0.4 is 16.4 Å². The maximum absolute atomic E-state index is 13.6. The molecule has 90 valence electrons. The molecule has 0 radical (unpaired) electrons. The number of carbonyl (C=O) groups excluding carboxylic acids is 1. The van der Waals surface area contributed by atoms with Gasteiger partial charge in [0, 0.05) is 25.2 Å². The monoisotopic (exact) mass is 236 g/mol. The van der Waals surface area contributed by atoms with E-state index in [1.807, 2.05) is 0 Å². The fraction of sp³-hybridized carbons (Fsp3) is 0.273. The van der Waals surface area contributed by atoms with E-state index in [9.17, 15) is 9.18 Å². The fourth-order valence-corrected chi connectivity index (χ4v) is 1.30. The van der Waals surface area contributed by atoms with E-state index in [0.717, 1.165) is 0 Å². The topological polar surface area (TPSA) is 90.9 Å². The third-order valence-electron chi connectivity index (χ3n) is 2.12. The van der Waals surface area contributed by atoms with E-state index in [1.165, 1.54) is 6.07 Å². The highest BCUT2D eigenvalue weighted by Gasteiger charge is 2.06. The SMILES string of the molecule is N#Cc1cccc(CNCCNC(N)=O)c1F. The summed E-state index contributed by atoms with van der Waals surface area (Å²) in [6.45, 7) is 1.13. The molecule has 1 aromatic rings. The fourth-order valence-electron chi connectivity index (χ4n) is 1.30. The molecule has 0 aliphatic rings. The molecule has 0 saturated heterocycles. The molecule has 1 rings (SSSR count). The Morgan fingerprint density at radius 3 is 2.88 bits per heavy atom. The smallest absolute Gasteiger partial charge is 0.312 e. The molecule has 0 bridgehead atoms. The van der Waals surface area contributed by atoms with Gasteiger partial charge in [-0.05, 0) is 6.07 Å². The molecule has 0 saturated carbocycles. The number of amides is 2. The number of hydrogen-bond donors (Lipinski definition) is 3. The van der Waals surface area contributed by atoms with Crippen LogP contribution in [0, 0.1) is 17.1 Å². The van der Waals surface area contributed by atoms with Crippen LogP contribution in [-0.4, -0.2) is 19.1 Å².